The largest absolute Gasteiger partial charge is 0.329 e. The van der Waals surface area contributed by atoms with Crippen LogP contribution in [0.3, 0.4) is 0 Å². The lowest BCUT2D eigenvalue weighted by Gasteiger charge is -2.38. The molecule has 0 aliphatic carbocycles. The van der Waals surface area contributed by atoms with Gasteiger partial charge < -0.3 is 5.73 Å². The van der Waals surface area contributed by atoms with E-state index in [-0.39, 0.29) is 12.1 Å². The number of nitrogens with two attached hydrogens (primary N) is 1. The highest BCUT2D eigenvalue weighted by Crippen LogP contribution is 2.24. The van der Waals surface area contributed by atoms with Gasteiger partial charge in [-0.05, 0) is 19.8 Å². The second kappa shape index (κ2) is 4.57. The van der Waals surface area contributed by atoms with Crippen LogP contribution in [0, 0.1) is 0 Å². The van der Waals surface area contributed by atoms with Gasteiger partial charge in [-0.2, -0.15) is 12.7 Å². The molecule has 0 saturated carbocycles. The highest BCUT2D eigenvalue weighted by atomic mass is 32.2. The topological polar surface area (TPSA) is 75.4 Å². The van der Waals surface area contributed by atoms with Crippen molar-refractivity contribution in [3.63, 3.8) is 0 Å². The molecular formula is C8H19N3O2S. The van der Waals surface area contributed by atoms with E-state index >= 15 is 0 Å². The minimum Gasteiger partial charge on any atom is -0.329 e. The summed E-state index contributed by atoms with van der Waals surface area (Å²) in [5.74, 6) is 0. The van der Waals surface area contributed by atoms with Crippen molar-refractivity contribution in [2.45, 2.75) is 38.3 Å². The van der Waals surface area contributed by atoms with Crippen LogP contribution in [-0.2, 0) is 10.2 Å². The molecule has 6 heteroatoms. The third-order valence-electron chi connectivity index (χ3n) is 2.76. The lowest BCUT2D eigenvalue weighted by Crippen LogP contribution is -2.54. The Hall–Kier alpha value is -0.170. The third kappa shape index (κ3) is 2.25. The maximum absolute atomic E-state index is 11.7. The van der Waals surface area contributed by atoms with Crippen LogP contribution in [-0.4, -0.2) is 38.4 Å². The second-order valence-electron chi connectivity index (χ2n) is 3.71. The molecule has 1 aliphatic rings. The molecule has 5 nitrogen and oxygen atoms in total. The van der Waals surface area contributed by atoms with Gasteiger partial charge in [0.1, 0.15) is 0 Å². The number of piperidine rings is 1. The van der Waals surface area contributed by atoms with Crippen molar-refractivity contribution in [1.82, 2.24) is 9.03 Å². The van der Waals surface area contributed by atoms with Crippen molar-refractivity contribution in [2.24, 2.45) is 5.73 Å². The lowest BCUT2D eigenvalue weighted by atomic mass is 10.00. The Morgan fingerprint density at radius 3 is 2.64 bits per heavy atom. The van der Waals surface area contributed by atoms with E-state index in [4.69, 9.17) is 5.73 Å². The van der Waals surface area contributed by atoms with E-state index < -0.39 is 10.2 Å². The maximum atomic E-state index is 11.7. The number of hydrogen-bond acceptors (Lipinski definition) is 3. The summed E-state index contributed by atoms with van der Waals surface area (Å²) in [7, 11) is -1.89. The molecule has 0 aromatic carbocycles. The van der Waals surface area contributed by atoms with Crippen LogP contribution < -0.4 is 10.5 Å². The molecule has 1 rings (SSSR count). The number of hydrogen-bond donors (Lipinski definition) is 2. The Labute approximate surface area is 85.8 Å². The van der Waals surface area contributed by atoms with Crippen LogP contribution >= 0.6 is 0 Å². The second-order valence-corrected chi connectivity index (χ2v) is 5.49. The first kappa shape index (κ1) is 11.9. The highest BCUT2D eigenvalue weighted by molar-refractivity contribution is 7.87. The fraction of sp³-hybridized carbons (Fsp3) is 1.00. The molecular weight excluding hydrogens is 202 g/mol. The van der Waals surface area contributed by atoms with Gasteiger partial charge in [-0.15, -0.1) is 0 Å². The fourth-order valence-corrected chi connectivity index (χ4v) is 3.40. The summed E-state index contributed by atoms with van der Waals surface area (Å²) in [5.41, 5.74) is 5.57. The Kier molecular flexibility index (Phi) is 3.88. The van der Waals surface area contributed by atoms with Crippen LogP contribution in [0.4, 0.5) is 0 Å². The quantitative estimate of drug-likeness (QED) is 0.684. The van der Waals surface area contributed by atoms with Crippen molar-refractivity contribution in [1.29, 1.82) is 0 Å². The minimum atomic E-state index is -3.33. The molecule has 2 unspecified atom stereocenters. The van der Waals surface area contributed by atoms with Gasteiger partial charge in [-0.25, -0.2) is 4.72 Å². The summed E-state index contributed by atoms with van der Waals surface area (Å²) in [6.45, 7) is 2.32. The first-order chi connectivity index (χ1) is 6.53. The average Bonchev–Trinajstić information content (AvgIpc) is 2.17. The molecule has 1 heterocycles. The molecule has 0 aromatic rings. The number of nitrogens with one attached hydrogen (secondary N) is 1. The van der Waals surface area contributed by atoms with Crippen molar-refractivity contribution in [2.75, 3.05) is 13.6 Å². The number of nitrogens with zero attached hydrogens (tertiary/aromatic N) is 1. The fourth-order valence-electron chi connectivity index (χ4n) is 2.02. The monoisotopic (exact) mass is 221 g/mol. The van der Waals surface area contributed by atoms with Gasteiger partial charge in [0, 0.05) is 25.7 Å². The van der Waals surface area contributed by atoms with Crippen LogP contribution in [0.1, 0.15) is 26.2 Å². The summed E-state index contributed by atoms with van der Waals surface area (Å²) < 4.78 is 27.2. The van der Waals surface area contributed by atoms with Crippen molar-refractivity contribution < 1.29 is 8.42 Å². The molecule has 0 aromatic heterocycles. The predicted molar refractivity (Wildman–Crippen MR) is 56.0 cm³/mol. The molecule has 1 saturated heterocycles. The third-order valence-corrected chi connectivity index (χ3v) is 4.49. The van der Waals surface area contributed by atoms with Crippen molar-refractivity contribution in [3.8, 4) is 0 Å². The van der Waals surface area contributed by atoms with Crippen LogP contribution in [0.5, 0.6) is 0 Å². The Bertz CT molecular complexity index is 278. The Morgan fingerprint density at radius 1 is 1.50 bits per heavy atom. The molecule has 1 aliphatic heterocycles. The molecule has 14 heavy (non-hydrogen) atoms. The smallest absolute Gasteiger partial charge is 0.279 e. The zero-order valence-electron chi connectivity index (χ0n) is 8.73. The average molecular weight is 221 g/mol. The van der Waals surface area contributed by atoms with E-state index in [1.807, 2.05) is 6.92 Å². The molecule has 1 fully saturated rings. The van der Waals surface area contributed by atoms with Crippen LogP contribution in [0.25, 0.3) is 0 Å². The molecule has 3 N–H and O–H groups in total. The number of rotatable bonds is 3. The highest BCUT2D eigenvalue weighted by Gasteiger charge is 2.35. The zero-order valence-corrected chi connectivity index (χ0v) is 9.55. The van der Waals surface area contributed by atoms with Gasteiger partial charge in [0.05, 0.1) is 0 Å². The van der Waals surface area contributed by atoms with E-state index in [0.717, 1.165) is 19.3 Å². The Balaban J connectivity index is 2.89. The van der Waals surface area contributed by atoms with Gasteiger partial charge >= 0.3 is 0 Å². The minimum absolute atomic E-state index is 0.0452. The first-order valence-corrected chi connectivity index (χ1v) is 6.39. The molecule has 84 valence electrons. The van der Waals surface area contributed by atoms with Gasteiger partial charge in [0.15, 0.2) is 0 Å². The molecule has 0 amide bonds. The first-order valence-electron chi connectivity index (χ1n) is 4.95. The van der Waals surface area contributed by atoms with Gasteiger partial charge in [0.2, 0.25) is 0 Å². The van der Waals surface area contributed by atoms with Gasteiger partial charge in [-0.1, -0.05) is 6.42 Å². The molecule has 0 spiro atoms. The predicted octanol–water partition coefficient (Wildman–Crippen LogP) is -0.348. The summed E-state index contributed by atoms with van der Waals surface area (Å²) in [6.07, 6.45) is 2.83. The standard InChI is InChI=1S/C8H19N3O2S/c1-7-4-3-5-8(6-9)11(7)14(12,13)10-2/h7-8,10H,3-6,9H2,1-2H3. The molecule has 0 radical (unpaired) electrons. The zero-order chi connectivity index (χ0) is 10.8. The summed E-state index contributed by atoms with van der Waals surface area (Å²) in [5, 5.41) is 0. The maximum Gasteiger partial charge on any atom is 0.279 e. The lowest BCUT2D eigenvalue weighted by molar-refractivity contribution is 0.194. The van der Waals surface area contributed by atoms with Crippen molar-refractivity contribution >= 4 is 10.2 Å². The summed E-state index contributed by atoms with van der Waals surface area (Å²) in [4.78, 5) is 0. The van der Waals surface area contributed by atoms with E-state index in [1.165, 1.54) is 11.4 Å². The molecule has 0 bridgehead atoms. The summed E-state index contributed by atoms with van der Waals surface area (Å²) in [6, 6.07) is 0.00551. The van der Waals surface area contributed by atoms with Crippen molar-refractivity contribution in [3.05, 3.63) is 0 Å². The SMILES string of the molecule is CNS(=O)(=O)N1C(C)CCCC1CN. The molecule has 2 atom stereocenters. The van der Waals surface area contributed by atoms with Gasteiger partial charge in [0.25, 0.3) is 10.2 Å². The van der Waals surface area contributed by atoms with Crippen LogP contribution in [0.15, 0.2) is 0 Å². The van der Waals surface area contributed by atoms with Gasteiger partial charge in [-0.3, -0.25) is 0 Å². The normalized spacial score (nSPS) is 30.5. The van der Waals surface area contributed by atoms with E-state index in [9.17, 15) is 8.42 Å². The Morgan fingerprint density at radius 2 is 2.14 bits per heavy atom. The van der Waals surface area contributed by atoms with E-state index in [2.05, 4.69) is 4.72 Å². The van der Waals surface area contributed by atoms with Crippen LogP contribution in [0.2, 0.25) is 0 Å². The van der Waals surface area contributed by atoms with E-state index in [1.54, 1.807) is 0 Å². The van der Waals surface area contributed by atoms with E-state index in [0.29, 0.717) is 6.54 Å². The summed E-state index contributed by atoms with van der Waals surface area (Å²) >= 11 is 0.